The minimum atomic E-state index is -0.159. The van der Waals surface area contributed by atoms with Crippen LogP contribution in [0.3, 0.4) is 0 Å². The van der Waals surface area contributed by atoms with Crippen LogP contribution in [0.1, 0.15) is 36.5 Å². The summed E-state index contributed by atoms with van der Waals surface area (Å²) in [7, 11) is 3.65. The highest BCUT2D eigenvalue weighted by Gasteiger charge is 2.31. The fraction of sp³-hybridized carbons (Fsp3) is 0.556. The van der Waals surface area contributed by atoms with E-state index in [4.69, 9.17) is 16.3 Å². The molecule has 0 unspecified atom stereocenters. The van der Waals surface area contributed by atoms with E-state index in [9.17, 15) is 9.59 Å². The number of likely N-dealkylation sites (tertiary alicyclic amines) is 1. The number of benzene rings is 1. The number of halogens is 1. The lowest BCUT2D eigenvalue weighted by atomic mass is 10.1. The maximum absolute atomic E-state index is 12.3. The van der Waals surface area contributed by atoms with Gasteiger partial charge in [0.1, 0.15) is 5.75 Å². The van der Waals surface area contributed by atoms with Crippen LogP contribution in [0, 0.1) is 0 Å². The highest BCUT2D eigenvalue weighted by molar-refractivity contribution is 6.32. The number of likely N-dealkylation sites (N-methyl/N-ethyl adjacent to an activating group) is 1. The monoisotopic (exact) mass is 367 g/mol. The van der Waals surface area contributed by atoms with Gasteiger partial charge in [0.15, 0.2) is 0 Å². The van der Waals surface area contributed by atoms with Crippen molar-refractivity contribution in [2.45, 2.75) is 38.3 Å². The summed E-state index contributed by atoms with van der Waals surface area (Å²) in [6.07, 6.45) is 2.41. The van der Waals surface area contributed by atoms with Gasteiger partial charge >= 0.3 is 0 Å². The largest absolute Gasteiger partial charge is 0.492 e. The lowest BCUT2D eigenvalue weighted by molar-refractivity contribution is -0.121. The number of ether oxygens (including phenoxy) is 1. The van der Waals surface area contributed by atoms with Crippen LogP contribution in [0.5, 0.6) is 5.75 Å². The molecular weight excluding hydrogens is 342 g/mol. The highest BCUT2D eigenvalue weighted by Crippen LogP contribution is 2.26. The first kappa shape index (κ1) is 19.5. The predicted octanol–water partition coefficient (Wildman–Crippen LogP) is 2.07. The molecule has 0 aromatic heterocycles. The molecule has 1 heterocycles. The summed E-state index contributed by atoms with van der Waals surface area (Å²) in [5.41, 5.74) is 0.510. The molecule has 1 aliphatic rings. The second-order valence-electron chi connectivity index (χ2n) is 6.22. The predicted molar refractivity (Wildman–Crippen MR) is 98.2 cm³/mol. The van der Waals surface area contributed by atoms with E-state index in [1.165, 1.54) is 0 Å². The molecule has 2 atom stereocenters. The summed E-state index contributed by atoms with van der Waals surface area (Å²) in [5, 5.41) is 6.05. The van der Waals surface area contributed by atoms with Crippen LogP contribution in [-0.2, 0) is 4.79 Å². The standard InChI is InChI=1S/C18H26ClN3O3/c1-4-25-16-8-5-12(9-15(16)19)18(24)21-11-14-7-6-13(22(14)3)10-17(23)20-2/h5,8-9,13-14H,4,6-7,10-11H2,1-3H3,(H,20,23)(H,21,24)/t13-,14+/m1/s1. The van der Waals surface area contributed by atoms with E-state index in [0.29, 0.717) is 35.9 Å². The van der Waals surface area contributed by atoms with E-state index >= 15 is 0 Å². The zero-order valence-electron chi connectivity index (χ0n) is 15.0. The van der Waals surface area contributed by atoms with Crippen molar-refractivity contribution < 1.29 is 14.3 Å². The van der Waals surface area contributed by atoms with Crippen molar-refractivity contribution in [3.63, 3.8) is 0 Å². The second kappa shape index (κ2) is 9.06. The van der Waals surface area contributed by atoms with Crippen LogP contribution in [-0.4, -0.2) is 56.0 Å². The lowest BCUT2D eigenvalue weighted by Gasteiger charge is -2.25. The number of rotatable bonds is 7. The average Bonchev–Trinajstić information content (AvgIpc) is 2.94. The Hall–Kier alpha value is -1.79. The first-order valence-corrected chi connectivity index (χ1v) is 8.97. The molecule has 25 heavy (non-hydrogen) atoms. The number of nitrogens with one attached hydrogen (secondary N) is 2. The molecule has 0 bridgehead atoms. The van der Waals surface area contributed by atoms with Gasteiger partial charge in [0.2, 0.25) is 5.91 Å². The maximum atomic E-state index is 12.3. The smallest absolute Gasteiger partial charge is 0.251 e. The third kappa shape index (κ3) is 5.09. The molecule has 1 aromatic carbocycles. The molecular formula is C18H26ClN3O3. The molecule has 7 heteroatoms. The minimum Gasteiger partial charge on any atom is -0.492 e. The van der Waals surface area contributed by atoms with E-state index in [0.717, 1.165) is 12.8 Å². The SMILES string of the molecule is CCOc1ccc(C(=O)NC[C@@H]2CC[C@H](CC(=O)NC)N2C)cc1Cl. The molecule has 0 aliphatic carbocycles. The summed E-state index contributed by atoms with van der Waals surface area (Å²) < 4.78 is 5.38. The van der Waals surface area contributed by atoms with Crippen molar-refractivity contribution >= 4 is 23.4 Å². The van der Waals surface area contributed by atoms with Crippen molar-refractivity contribution in [1.29, 1.82) is 0 Å². The molecule has 2 rings (SSSR count). The van der Waals surface area contributed by atoms with Gasteiger partial charge in [-0.15, -0.1) is 0 Å². The number of carbonyl (C=O) groups excluding carboxylic acids is 2. The minimum absolute atomic E-state index is 0.0468. The molecule has 2 N–H and O–H groups in total. The molecule has 1 aromatic rings. The van der Waals surface area contributed by atoms with Gasteiger partial charge < -0.3 is 15.4 Å². The topological polar surface area (TPSA) is 70.7 Å². The fourth-order valence-corrected chi connectivity index (χ4v) is 3.36. The van der Waals surface area contributed by atoms with Crippen LogP contribution >= 0.6 is 11.6 Å². The number of carbonyl (C=O) groups is 2. The Kier molecular flexibility index (Phi) is 7.08. The number of amides is 2. The van der Waals surface area contributed by atoms with Crippen LogP contribution in [0.15, 0.2) is 18.2 Å². The van der Waals surface area contributed by atoms with Gasteiger partial charge in [-0.25, -0.2) is 0 Å². The Bertz CT molecular complexity index is 624. The number of hydrogen-bond donors (Lipinski definition) is 2. The summed E-state index contributed by atoms with van der Waals surface area (Å²) in [6.45, 7) is 2.95. The fourth-order valence-electron chi connectivity index (χ4n) is 3.13. The zero-order valence-corrected chi connectivity index (χ0v) is 15.7. The molecule has 6 nitrogen and oxygen atoms in total. The quantitative estimate of drug-likeness (QED) is 0.774. The molecule has 2 amide bonds. The van der Waals surface area contributed by atoms with Gasteiger partial charge in [0, 0.05) is 37.7 Å². The van der Waals surface area contributed by atoms with Crippen molar-refractivity contribution in [3.8, 4) is 5.75 Å². The molecule has 0 saturated carbocycles. The number of hydrogen-bond acceptors (Lipinski definition) is 4. The van der Waals surface area contributed by atoms with Crippen LogP contribution in [0.25, 0.3) is 0 Å². The van der Waals surface area contributed by atoms with E-state index < -0.39 is 0 Å². The molecule has 1 fully saturated rings. The average molecular weight is 368 g/mol. The lowest BCUT2D eigenvalue weighted by Crippen LogP contribution is -2.42. The van der Waals surface area contributed by atoms with Gasteiger partial charge in [-0.3, -0.25) is 14.5 Å². The van der Waals surface area contributed by atoms with E-state index in [1.54, 1.807) is 25.2 Å². The maximum Gasteiger partial charge on any atom is 0.251 e. The van der Waals surface area contributed by atoms with Crippen molar-refractivity contribution in [1.82, 2.24) is 15.5 Å². The number of nitrogens with zero attached hydrogens (tertiary/aromatic N) is 1. The third-order valence-corrected chi connectivity index (χ3v) is 4.97. The molecule has 138 valence electrons. The molecule has 0 radical (unpaired) electrons. The zero-order chi connectivity index (χ0) is 18.4. The normalized spacial score (nSPS) is 20.3. The van der Waals surface area contributed by atoms with Gasteiger partial charge in [-0.2, -0.15) is 0 Å². The van der Waals surface area contributed by atoms with E-state index in [-0.39, 0.29) is 23.9 Å². The molecule has 0 spiro atoms. The highest BCUT2D eigenvalue weighted by atomic mass is 35.5. The molecule has 1 aliphatic heterocycles. The Morgan fingerprint density at radius 2 is 2.04 bits per heavy atom. The van der Waals surface area contributed by atoms with Crippen LogP contribution in [0.4, 0.5) is 0 Å². The van der Waals surface area contributed by atoms with Crippen molar-refractivity contribution in [3.05, 3.63) is 28.8 Å². The Labute approximate surface area is 153 Å². The van der Waals surface area contributed by atoms with Gasteiger partial charge in [0.25, 0.3) is 5.91 Å². The van der Waals surface area contributed by atoms with Gasteiger partial charge in [0.05, 0.1) is 11.6 Å². The van der Waals surface area contributed by atoms with Crippen molar-refractivity contribution in [2.24, 2.45) is 0 Å². The summed E-state index contributed by atoms with van der Waals surface area (Å²) in [4.78, 5) is 26.1. The second-order valence-corrected chi connectivity index (χ2v) is 6.62. The third-order valence-electron chi connectivity index (χ3n) is 4.68. The molecule has 1 saturated heterocycles. The first-order valence-electron chi connectivity index (χ1n) is 8.59. The van der Waals surface area contributed by atoms with Gasteiger partial charge in [-0.1, -0.05) is 11.6 Å². The van der Waals surface area contributed by atoms with Crippen LogP contribution in [0.2, 0.25) is 5.02 Å². The van der Waals surface area contributed by atoms with E-state index in [1.807, 2.05) is 14.0 Å². The Morgan fingerprint density at radius 3 is 2.68 bits per heavy atom. The summed E-state index contributed by atoms with van der Waals surface area (Å²) >= 11 is 6.13. The first-order chi connectivity index (χ1) is 12.0. The van der Waals surface area contributed by atoms with Crippen molar-refractivity contribution in [2.75, 3.05) is 27.2 Å². The van der Waals surface area contributed by atoms with E-state index in [2.05, 4.69) is 15.5 Å². The van der Waals surface area contributed by atoms with Crippen LogP contribution < -0.4 is 15.4 Å². The Morgan fingerprint density at radius 1 is 1.32 bits per heavy atom. The Balaban J connectivity index is 1.88. The van der Waals surface area contributed by atoms with Gasteiger partial charge in [-0.05, 0) is 45.0 Å². The summed E-state index contributed by atoms with van der Waals surface area (Å²) in [6, 6.07) is 5.49. The summed E-state index contributed by atoms with van der Waals surface area (Å²) in [5.74, 6) is 0.465.